The van der Waals surface area contributed by atoms with Gasteiger partial charge in [-0.3, -0.25) is 14.5 Å². The number of hydrogen-bond donors (Lipinski definition) is 3. The molecule has 2 fully saturated rings. The van der Waals surface area contributed by atoms with Gasteiger partial charge in [-0.25, -0.2) is 14.8 Å². The molecule has 62 heavy (non-hydrogen) atoms. The second-order valence-electron chi connectivity index (χ2n) is 16.2. The first-order valence-electron chi connectivity index (χ1n) is 21.9. The van der Waals surface area contributed by atoms with Crippen LogP contribution in [0, 0.1) is 0 Å². The van der Waals surface area contributed by atoms with E-state index in [2.05, 4.69) is 94.7 Å². The molecular weight excluding hydrogens is 777 g/mol. The Kier molecular flexibility index (Phi) is 13.2. The highest BCUT2D eigenvalue weighted by Crippen LogP contribution is 2.37. The minimum absolute atomic E-state index is 0.0262. The number of ether oxygens (including phenoxy) is 1. The standard InChI is InChI=1S/C50H56N8O4/c1-4-56(5-2)46(39-16-10-7-11-17-39)49(60)58-29-13-19-44(58)48-52-33-42(55-48)38-26-22-36(23-27-38)35-20-24-37(25-21-35)41-32-51-47(54-41)43-18-12-28-57(43)45(59)31-40(53-50(61)62-3)30-34-14-8-6-9-15-34/h6-11,14-17,20-27,32-33,40,43-44,46H,4-5,12-13,18-19,28-31H2,1-3H3,(H,51,54)(H,52,55)(H,53,61)/t40-,43+,44+,46?/m1/s1. The summed E-state index contributed by atoms with van der Waals surface area (Å²) in [5.74, 6) is 1.69. The second-order valence-corrected chi connectivity index (χ2v) is 16.2. The second kappa shape index (κ2) is 19.5. The molecule has 6 aromatic rings. The monoisotopic (exact) mass is 832 g/mol. The average Bonchev–Trinajstić information content (AvgIpc) is 4.16. The Bertz CT molecular complexity index is 2410. The van der Waals surface area contributed by atoms with Crippen molar-refractivity contribution in [1.82, 2.24) is 40.0 Å². The average molecular weight is 833 g/mol. The smallest absolute Gasteiger partial charge is 0.407 e. The molecule has 12 nitrogen and oxygen atoms in total. The van der Waals surface area contributed by atoms with Crippen LogP contribution in [0.2, 0.25) is 0 Å². The minimum Gasteiger partial charge on any atom is -0.453 e. The molecule has 0 spiro atoms. The normalized spacial score (nSPS) is 17.3. The summed E-state index contributed by atoms with van der Waals surface area (Å²) in [6, 6.07) is 35.8. The van der Waals surface area contributed by atoms with Gasteiger partial charge in [-0.05, 0) is 78.6 Å². The first-order chi connectivity index (χ1) is 30.3. The van der Waals surface area contributed by atoms with Crippen LogP contribution in [0.1, 0.15) is 86.9 Å². The highest BCUT2D eigenvalue weighted by Gasteiger charge is 2.38. The van der Waals surface area contributed by atoms with Gasteiger partial charge in [-0.15, -0.1) is 0 Å². The van der Waals surface area contributed by atoms with Gasteiger partial charge >= 0.3 is 6.09 Å². The largest absolute Gasteiger partial charge is 0.453 e. The molecule has 0 radical (unpaired) electrons. The first kappa shape index (κ1) is 42.2. The zero-order valence-electron chi connectivity index (χ0n) is 35.8. The SMILES string of the molecule is CCN(CC)C(C(=O)N1CCC[C@H]1c1ncc(-c2ccc(-c3ccc(-c4cnc([C@@H]5CCCN5C(=O)C[C@@H](Cc5ccccc5)NC(=O)OC)[nH]4)cc3)cc2)[nH]1)c1ccccc1. The highest BCUT2D eigenvalue weighted by atomic mass is 16.5. The molecule has 8 rings (SSSR count). The van der Waals surface area contributed by atoms with Crippen LogP contribution >= 0.6 is 0 Å². The van der Waals surface area contributed by atoms with Crippen molar-refractivity contribution in [1.29, 1.82) is 0 Å². The number of carbonyl (C=O) groups excluding carboxylic acids is 3. The maximum Gasteiger partial charge on any atom is 0.407 e. The number of nitrogens with zero attached hydrogens (tertiary/aromatic N) is 5. The third kappa shape index (κ3) is 9.35. The maximum atomic E-state index is 14.2. The van der Waals surface area contributed by atoms with Crippen molar-refractivity contribution in [2.75, 3.05) is 33.3 Å². The molecule has 3 N–H and O–H groups in total. The lowest BCUT2D eigenvalue weighted by Gasteiger charge is -2.34. The lowest BCUT2D eigenvalue weighted by atomic mass is 10.0. The van der Waals surface area contributed by atoms with Crippen molar-refractivity contribution in [3.63, 3.8) is 0 Å². The third-order valence-corrected chi connectivity index (χ3v) is 12.4. The molecule has 2 aliphatic heterocycles. The van der Waals surface area contributed by atoms with Gasteiger partial charge < -0.3 is 29.8 Å². The number of alkyl carbamates (subject to hydrolysis) is 1. The number of amides is 3. The first-order valence-corrected chi connectivity index (χ1v) is 21.9. The fraction of sp³-hybridized carbons (Fsp3) is 0.340. The molecule has 4 atom stereocenters. The predicted molar refractivity (Wildman–Crippen MR) is 241 cm³/mol. The number of aromatic amines is 2. The summed E-state index contributed by atoms with van der Waals surface area (Å²) in [6.07, 6.45) is 7.35. The van der Waals surface area contributed by atoms with Crippen LogP contribution in [0.5, 0.6) is 0 Å². The Morgan fingerprint density at radius 1 is 0.710 bits per heavy atom. The number of H-pyrrole nitrogens is 2. The molecule has 4 heterocycles. The number of nitrogens with one attached hydrogen (secondary N) is 3. The number of likely N-dealkylation sites (N-methyl/N-ethyl adjacent to an activating group) is 1. The highest BCUT2D eigenvalue weighted by molar-refractivity contribution is 5.84. The molecular formula is C50H56N8O4. The van der Waals surface area contributed by atoms with Crippen LogP contribution in [0.4, 0.5) is 4.79 Å². The number of methoxy groups -OCH3 is 1. The summed E-state index contributed by atoms with van der Waals surface area (Å²) in [6.45, 7) is 7.16. The molecule has 4 aromatic carbocycles. The van der Waals surface area contributed by atoms with E-state index in [1.54, 1.807) is 0 Å². The van der Waals surface area contributed by atoms with Crippen molar-refractivity contribution in [2.45, 2.75) is 76.5 Å². The molecule has 0 aliphatic carbocycles. The lowest BCUT2D eigenvalue weighted by molar-refractivity contribution is -0.138. The van der Waals surface area contributed by atoms with E-state index >= 15 is 0 Å². The van der Waals surface area contributed by atoms with Gasteiger partial charge in [0.25, 0.3) is 0 Å². The third-order valence-electron chi connectivity index (χ3n) is 12.4. The molecule has 2 aliphatic rings. The zero-order chi connectivity index (χ0) is 43.0. The van der Waals surface area contributed by atoms with Gasteiger partial charge in [0, 0.05) is 25.6 Å². The zero-order valence-corrected chi connectivity index (χ0v) is 35.8. The van der Waals surface area contributed by atoms with Gasteiger partial charge in [-0.1, -0.05) is 123 Å². The summed E-state index contributed by atoms with van der Waals surface area (Å²) in [5.41, 5.74) is 8.08. The number of rotatable bonds is 15. The Balaban J connectivity index is 0.906. The minimum atomic E-state index is -0.551. The van der Waals surface area contributed by atoms with Crippen molar-refractivity contribution < 1.29 is 19.1 Å². The Labute approximate surface area is 363 Å². The molecule has 2 aromatic heterocycles. The van der Waals surface area contributed by atoms with E-state index in [9.17, 15) is 14.4 Å². The number of imidazole rings is 2. The number of carbonyl (C=O) groups is 3. The van der Waals surface area contributed by atoms with E-state index in [1.807, 2.05) is 70.7 Å². The topological polar surface area (TPSA) is 140 Å². The van der Waals surface area contributed by atoms with E-state index in [-0.39, 0.29) is 36.4 Å². The summed E-state index contributed by atoms with van der Waals surface area (Å²) >= 11 is 0. The molecule has 0 bridgehead atoms. The summed E-state index contributed by atoms with van der Waals surface area (Å²) in [7, 11) is 1.33. The molecule has 2 saturated heterocycles. The maximum absolute atomic E-state index is 14.2. The summed E-state index contributed by atoms with van der Waals surface area (Å²) in [5, 5.41) is 2.86. The van der Waals surface area contributed by atoms with Crippen LogP contribution in [0.3, 0.4) is 0 Å². The number of benzene rings is 4. The van der Waals surface area contributed by atoms with Crippen molar-refractivity contribution in [3.05, 3.63) is 144 Å². The van der Waals surface area contributed by atoms with Crippen LogP contribution in [-0.2, 0) is 20.7 Å². The van der Waals surface area contributed by atoms with Gasteiger partial charge in [0.05, 0.1) is 43.0 Å². The van der Waals surface area contributed by atoms with Crippen LogP contribution < -0.4 is 5.32 Å². The number of hydrogen-bond acceptors (Lipinski definition) is 7. The van der Waals surface area contributed by atoms with E-state index in [0.29, 0.717) is 19.5 Å². The van der Waals surface area contributed by atoms with Crippen LogP contribution in [-0.4, -0.2) is 91.9 Å². The molecule has 0 saturated carbocycles. The quantitative estimate of drug-likeness (QED) is 0.0940. The summed E-state index contributed by atoms with van der Waals surface area (Å²) in [4.78, 5) is 62.9. The fourth-order valence-corrected chi connectivity index (χ4v) is 9.17. The molecule has 320 valence electrons. The van der Waals surface area contributed by atoms with E-state index in [0.717, 1.165) is 95.2 Å². The molecule has 1 unspecified atom stereocenters. The van der Waals surface area contributed by atoms with Gasteiger partial charge in [0.1, 0.15) is 17.7 Å². The Morgan fingerprint density at radius 2 is 1.21 bits per heavy atom. The summed E-state index contributed by atoms with van der Waals surface area (Å²) < 4.78 is 4.86. The van der Waals surface area contributed by atoms with E-state index < -0.39 is 12.1 Å². The van der Waals surface area contributed by atoms with Crippen molar-refractivity contribution in [3.8, 4) is 33.6 Å². The Hall–Kier alpha value is -6.53. The predicted octanol–water partition coefficient (Wildman–Crippen LogP) is 8.90. The lowest BCUT2D eigenvalue weighted by Crippen LogP contribution is -2.43. The van der Waals surface area contributed by atoms with Crippen molar-refractivity contribution in [2.24, 2.45) is 0 Å². The van der Waals surface area contributed by atoms with Gasteiger partial charge in [-0.2, -0.15) is 0 Å². The van der Waals surface area contributed by atoms with Gasteiger partial charge in [0.2, 0.25) is 11.8 Å². The van der Waals surface area contributed by atoms with E-state index in [4.69, 9.17) is 14.7 Å². The number of likely N-dealkylation sites (tertiary alicyclic amines) is 2. The number of aromatic nitrogens is 4. The van der Waals surface area contributed by atoms with Crippen LogP contribution in [0.25, 0.3) is 33.6 Å². The van der Waals surface area contributed by atoms with E-state index in [1.165, 1.54) is 7.11 Å². The van der Waals surface area contributed by atoms with Gasteiger partial charge in [0.15, 0.2) is 0 Å². The Morgan fingerprint density at radius 3 is 1.74 bits per heavy atom. The molecule has 12 heteroatoms. The molecule has 3 amide bonds. The van der Waals surface area contributed by atoms with Crippen LogP contribution in [0.15, 0.2) is 122 Å². The van der Waals surface area contributed by atoms with Crippen molar-refractivity contribution >= 4 is 17.9 Å². The fourth-order valence-electron chi connectivity index (χ4n) is 9.17.